The van der Waals surface area contributed by atoms with Crippen LogP contribution in [0.15, 0.2) is 55.0 Å². The number of ether oxygens (including phenoxy) is 1. The molecule has 0 spiro atoms. The van der Waals surface area contributed by atoms with Crippen molar-refractivity contribution in [2.45, 2.75) is 94.6 Å². The van der Waals surface area contributed by atoms with Gasteiger partial charge in [-0.2, -0.15) is 5.10 Å². The molecule has 2 aromatic heterocycles. The Bertz CT molecular complexity index is 1530. The molecule has 0 aliphatic heterocycles. The average Bonchev–Trinajstić information content (AvgIpc) is 3.84. The van der Waals surface area contributed by atoms with E-state index in [-0.39, 0.29) is 28.8 Å². The third kappa shape index (κ3) is 6.13. The van der Waals surface area contributed by atoms with Gasteiger partial charge in [0.05, 0.1) is 12.2 Å². The van der Waals surface area contributed by atoms with E-state index < -0.39 is 6.09 Å². The van der Waals surface area contributed by atoms with Crippen molar-refractivity contribution in [2.24, 2.45) is 11.3 Å². The molecule has 0 radical (unpaired) electrons. The Morgan fingerprint density at radius 2 is 1.67 bits per heavy atom. The number of anilines is 2. The molecule has 9 nitrogen and oxygen atoms in total. The highest BCUT2D eigenvalue weighted by atomic mass is 16.6. The molecule has 8 rings (SSSR count). The Balaban J connectivity index is 1.12. The van der Waals surface area contributed by atoms with Crippen LogP contribution in [0.1, 0.15) is 88.7 Å². The molecule has 2 amide bonds. The molecule has 2 heterocycles. The zero-order chi connectivity index (χ0) is 31.9. The molecule has 5 fully saturated rings. The third-order valence-corrected chi connectivity index (χ3v) is 11.5. The molecule has 5 aliphatic rings. The van der Waals surface area contributed by atoms with Gasteiger partial charge in [0.1, 0.15) is 11.9 Å². The first-order chi connectivity index (χ1) is 22.3. The van der Waals surface area contributed by atoms with E-state index in [4.69, 9.17) is 9.72 Å². The van der Waals surface area contributed by atoms with Crippen LogP contribution in [0.25, 0.3) is 11.1 Å². The third-order valence-electron chi connectivity index (χ3n) is 11.5. The first-order valence-electron chi connectivity index (χ1n) is 17.2. The van der Waals surface area contributed by atoms with Gasteiger partial charge in [0.2, 0.25) is 5.91 Å². The molecule has 1 aromatic carbocycles. The Morgan fingerprint density at radius 3 is 2.30 bits per heavy atom. The first-order valence-corrected chi connectivity index (χ1v) is 17.2. The van der Waals surface area contributed by atoms with Crippen molar-refractivity contribution in [3.63, 3.8) is 0 Å². The van der Waals surface area contributed by atoms with Crippen LogP contribution in [0.2, 0.25) is 0 Å². The summed E-state index contributed by atoms with van der Waals surface area (Å²) in [5.41, 5.74) is 4.85. The molecule has 0 unspecified atom stereocenters. The van der Waals surface area contributed by atoms with Crippen LogP contribution in [-0.2, 0) is 14.9 Å². The minimum Gasteiger partial charge on any atom is -0.446 e. The predicted octanol–water partition coefficient (Wildman–Crippen LogP) is 6.89. The lowest BCUT2D eigenvalue weighted by Crippen LogP contribution is -2.51. The van der Waals surface area contributed by atoms with Crippen molar-refractivity contribution < 1.29 is 14.3 Å². The summed E-state index contributed by atoms with van der Waals surface area (Å²) in [7, 11) is 5.64. The molecule has 3 aromatic rings. The molecule has 5 saturated carbocycles. The summed E-state index contributed by atoms with van der Waals surface area (Å²) in [5, 5.41) is 7.18. The molecule has 9 heteroatoms. The fraction of sp³-hybridized carbons (Fsp3) is 0.568. The highest BCUT2D eigenvalue weighted by molar-refractivity contribution is 5.96. The van der Waals surface area contributed by atoms with E-state index in [0.29, 0.717) is 18.9 Å². The number of rotatable bonds is 9. The number of hydrogen-bond donors (Lipinski definition) is 1. The molecular formula is C37H48N6O3. The van der Waals surface area contributed by atoms with Crippen LogP contribution in [0.4, 0.5) is 16.3 Å². The SMILES string of the molecule is CNC(=O)OC1CCC(C(=O)N(CC23CCC(c4ccc(N(C)C)nc4)(CC2)CC3)c2cccc(-c3cnn(C4CC4)c3)c2)CC1. The molecule has 1 N–H and O–H groups in total. The maximum absolute atomic E-state index is 14.5. The summed E-state index contributed by atoms with van der Waals surface area (Å²) in [4.78, 5) is 35.3. The van der Waals surface area contributed by atoms with Gasteiger partial charge in [-0.15, -0.1) is 0 Å². The topological polar surface area (TPSA) is 92.6 Å². The van der Waals surface area contributed by atoms with Gasteiger partial charge in [-0.3, -0.25) is 9.48 Å². The molecule has 0 atom stereocenters. The minimum absolute atomic E-state index is 0.0743. The van der Waals surface area contributed by atoms with Crippen LogP contribution in [0.3, 0.4) is 0 Å². The number of carbonyl (C=O) groups excluding carboxylic acids is 2. The van der Waals surface area contributed by atoms with E-state index in [0.717, 1.165) is 80.5 Å². The van der Waals surface area contributed by atoms with Gasteiger partial charge in [0.25, 0.3) is 0 Å². The smallest absolute Gasteiger partial charge is 0.407 e. The summed E-state index contributed by atoms with van der Waals surface area (Å²) in [5.74, 6) is 1.13. The van der Waals surface area contributed by atoms with E-state index in [2.05, 4.69) is 73.7 Å². The maximum Gasteiger partial charge on any atom is 0.407 e. The predicted molar refractivity (Wildman–Crippen MR) is 180 cm³/mol. The Kier molecular flexibility index (Phi) is 8.28. The monoisotopic (exact) mass is 624 g/mol. The second-order valence-electron chi connectivity index (χ2n) is 14.6. The summed E-state index contributed by atoms with van der Waals surface area (Å²) < 4.78 is 7.62. The fourth-order valence-corrected chi connectivity index (χ4v) is 8.27. The van der Waals surface area contributed by atoms with Gasteiger partial charge < -0.3 is 19.9 Å². The largest absolute Gasteiger partial charge is 0.446 e. The van der Waals surface area contributed by atoms with Gasteiger partial charge in [0.15, 0.2) is 0 Å². The summed E-state index contributed by atoms with van der Waals surface area (Å²) in [6.07, 6.45) is 17.7. The van der Waals surface area contributed by atoms with E-state index in [1.54, 1.807) is 7.05 Å². The second-order valence-corrected chi connectivity index (χ2v) is 14.6. The molecule has 244 valence electrons. The van der Waals surface area contributed by atoms with E-state index in [1.165, 1.54) is 18.4 Å². The van der Waals surface area contributed by atoms with Crippen molar-refractivity contribution in [3.8, 4) is 11.1 Å². The van der Waals surface area contributed by atoms with Crippen molar-refractivity contribution >= 4 is 23.5 Å². The lowest BCUT2D eigenvalue weighted by Gasteiger charge is -2.55. The number of pyridine rings is 1. The number of hydrogen-bond acceptors (Lipinski definition) is 6. The second kappa shape index (κ2) is 12.4. The molecule has 46 heavy (non-hydrogen) atoms. The van der Waals surface area contributed by atoms with Crippen molar-refractivity contribution in [1.29, 1.82) is 0 Å². The molecule has 0 saturated heterocycles. The van der Waals surface area contributed by atoms with Gasteiger partial charge >= 0.3 is 6.09 Å². The first kappa shape index (κ1) is 30.8. The highest BCUT2D eigenvalue weighted by Gasteiger charge is 2.50. The fourth-order valence-electron chi connectivity index (χ4n) is 8.27. The molecular weight excluding hydrogens is 576 g/mol. The number of fused-ring (bicyclic) bond motifs is 3. The van der Waals surface area contributed by atoms with E-state index in [9.17, 15) is 9.59 Å². The minimum atomic E-state index is -0.396. The number of benzene rings is 1. The molecule has 5 aliphatic carbocycles. The Labute approximate surface area is 272 Å². The summed E-state index contributed by atoms with van der Waals surface area (Å²) >= 11 is 0. The summed E-state index contributed by atoms with van der Waals surface area (Å²) in [6.45, 7) is 0.749. The van der Waals surface area contributed by atoms with Crippen molar-refractivity contribution in [2.75, 3.05) is 37.5 Å². The van der Waals surface area contributed by atoms with E-state index >= 15 is 0 Å². The Hall–Kier alpha value is -3.88. The van der Waals surface area contributed by atoms with Crippen LogP contribution < -0.4 is 15.1 Å². The zero-order valence-corrected chi connectivity index (χ0v) is 27.6. The zero-order valence-electron chi connectivity index (χ0n) is 27.6. The number of carbonyl (C=O) groups is 2. The van der Waals surface area contributed by atoms with Crippen LogP contribution in [-0.4, -0.2) is 60.6 Å². The van der Waals surface area contributed by atoms with Crippen molar-refractivity contribution in [1.82, 2.24) is 20.1 Å². The Morgan fingerprint density at radius 1 is 0.935 bits per heavy atom. The lowest BCUT2D eigenvalue weighted by molar-refractivity contribution is -0.124. The average molecular weight is 625 g/mol. The number of nitrogens with one attached hydrogen (secondary N) is 1. The van der Waals surface area contributed by atoms with Crippen molar-refractivity contribution in [3.05, 3.63) is 60.6 Å². The van der Waals surface area contributed by atoms with Crippen LogP contribution in [0, 0.1) is 11.3 Å². The van der Waals surface area contributed by atoms with Gasteiger partial charge in [0, 0.05) is 57.3 Å². The van der Waals surface area contributed by atoms with Gasteiger partial charge in [-0.25, -0.2) is 9.78 Å². The number of alkyl carbamates (subject to hydrolysis) is 1. The number of nitrogens with zero attached hydrogens (tertiary/aromatic N) is 5. The van der Waals surface area contributed by atoms with E-state index in [1.807, 2.05) is 20.3 Å². The molecule has 2 bridgehead atoms. The van der Waals surface area contributed by atoms with Crippen LogP contribution >= 0.6 is 0 Å². The standard InChI is InChI=1S/C37H48N6O3/c1-38-35(45)46-32-12-7-26(8-13-32)34(44)42(31-6-4-5-27(21-31)28-22-40-43(24-28)30-10-11-30)25-36-15-18-37(19-16-36,20-17-36)29-9-14-33(39-23-29)41(2)3/h4-6,9,14,21-24,26,30,32H,7-8,10-13,15-20,25H2,1-3H3,(H,38,45). The summed E-state index contributed by atoms with van der Waals surface area (Å²) in [6, 6.07) is 13.5. The van der Waals surface area contributed by atoms with Gasteiger partial charge in [-0.05, 0) is 117 Å². The quantitative estimate of drug-likeness (QED) is 0.279. The number of aromatic nitrogens is 3. The number of amides is 2. The highest BCUT2D eigenvalue weighted by Crippen LogP contribution is 2.58. The lowest BCUT2D eigenvalue weighted by atomic mass is 9.52. The van der Waals surface area contributed by atoms with Crippen LogP contribution in [0.5, 0.6) is 0 Å². The van der Waals surface area contributed by atoms with Gasteiger partial charge in [-0.1, -0.05) is 18.2 Å². The maximum atomic E-state index is 14.5. The normalized spacial score (nSPS) is 27.2.